The maximum atomic E-state index is 9.66. The van der Waals surface area contributed by atoms with Gasteiger partial charge in [0.15, 0.2) is 0 Å². The van der Waals surface area contributed by atoms with E-state index in [1.54, 1.807) is 6.07 Å². The van der Waals surface area contributed by atoms with E-state index in [9.17, 15) is 5.11 Å². The van der Waals surface area contributed by atoms with Gasteiger partial charge in [-0.1, -0.05) is 102 Å². The first-order valence-electron chi connectivity index (χ1n) is 12.5. The second-order valence-corrected chi connectivity index (χ2v) is 9.28. The third-order valence-electron chi connectivity index (χ3n) is 6.91. The predicted molar refractivity (Wildman–Crippen MR) is 144 cm³/mol. The summed E-state index contributed by atoms with van der Waals surface area (Å²) in [5.41, 5.74) is 6.21. The molecule has 0 aliphatic carbocycles. The second-order valence-electron chi connectivity index (χ2n) is 9.28. The molecule has 180 valence electrons. The van der Waals surface area contributed by atoms with E-state index in [2.05, 4.69) is 91.0 Å². The van der Waals surface area contributed by atoms with Gasteiger partial charge in [0.1, 0.15) is 11.3 Å². The van der Waals surface area contributed by atoms with Crippen LogP contribution in [0.2, 0.25) is 0 Å². The van der Waals surface area contributed by atoms with Crippen LogP contribution in [0.4, 0.5) is 0 Å². The van der Waals surface area contributed by atoms with Crippen LogP contribution in [0, 0.1) is 6.92 Å². The third-order valence-corrected chi connectivity index (χ3v) is 6.91. The number of phenols is 1. The number of aryl methyl sites for hydroxylation is 3. The van der Waals surface area contributed by atoms with Crippen molar-refractivity contribution in [3.8, 4) is 5.75 Å². The average molecular weight is 474 g/mol. The Morgan fingerprint density at radius 1 is 0.694 bits per heavy atom. The number of unbranched alkanes of at least 4 members (excludes halogenated alkanes) is 1. The molecular formula is C32H31N3O. The molecule has 0 radical (unpaired) electrons. The lowest BCUT2D eigenvalue weighted by atomic mass is 9.77. The van der Waals surface area contributed by atoms with Crippen LogP contribution in [0.3, 0.4) is 0 Å². The van der Waals surface area contributed by atoms with Crippen molar-refractivity contribution in [3.63, 3.8) is 0 Å². The van der Waals surface area contributed by atoms with Crippen LogP contribution in [-0.2, 0) is 18.4 Å². The highest BCUT2D eigenvalue weighted by Gasteiger charge is 2.39. The zero-order valence-electron chi connectivity index (χ0n) is 20.6. The highest BCUT2D eigenvalue weighted by atomic mass is 16.3. The summed E-state index contributed by atoms with van der Waals surface area (Å²) in [6.45, 7) is 2.05. The number of hydrogen-bond donors (Lipinski definition) is 1. The fraction of sp³-hybridized carbons (Fsp3) is 0.188. The normalized spacial score (nSPS) is 11.5. The van der Waals surface area contributed by atoms with Crippen LogP contribution >= 0.6 is 0 Å². The lowest BCUT2D eigenvalue weighted by Crippen LogP contribution is -2.38. The number of rotatable bonds is 9. The largest absolute Gasteiger partial charge is 0.508 e. The van der Waals surface area contributed by atoms with Crippen LogP contribution < -0.4 is 0 Å². The number of phenolic OH excluding ortho intramolecular Hbond substituents is 1. The first-order chi connectivity index (χ1) is 17.7. The van der Waals surface area contributed by atoms with Gasteiger partial charge in [-0.05, 0) is 72.6 Å². The molecule has 5 rings (SSSR count). The average Bonchev–Trinajstić information content (AvgIpc) is 3.39. The standard InChI is InChI=1S/C32H31N3O/c1-25-23-31(36)22-21-26(25)13-11-12-20-30-24-35(34-33-30)32(27-14-5-2-6-15-27,28-16-7-3-8-17-28)29-18-9-4-10-19-29/h2-10,14-19,21-24,36H,11-13,20H2,1H3. The predicted octanol–water partition coefficient (Wildman–Crippen LogP) is 6.70. The highest BCUT2D eigenvalue weighted by Crippen LogP contribution is 2.40. The zero-order chi connectivity index (χ0) is 24.8. The number of hydrogen-bond acceptors (Lipinski definition) is 3. The molecule has 4 aromatic carbocycles. The second kappa shape index (κ2) is 10.6. The molecule has 0 unspecified atom stereocenters. The van der Waals surface area contributed by atoms with Crippen molar-refractivity contribution in [2.45, 2.75) is 38.1 Å². The Bertz CT molecular complexity index is 1300. The van der Waals surface area contributed by atoms with Crippen molar-refractivity contribution < 1.29 is 5.11 Å². The molecule has 0 atom stereocenters. The summed E-state index contributed by atoms with van der Waals surface area (Å²) < 4.78 is 2.03. The van der Waals surface area contributed by atoms with Gasteiger partial charge >= 0.3 is 0 Å². The number of nitrogens with zero attached hydrogens (tertiary/aromatic N) is 3. The van der Waals surface area contributed by atoms with Crippen molar-refractivity contribution in [1.29, 1.82) is 0 Å². The minimum atomic E-state index is -0.627. The lowest BCUT2D eigenvalue weighted by molar-refractivity contribution is 0.446. The van der Waals surface area contributed by atoms with Crippen molar-refractivity contribution in [2.75, 3.05) is 0 Å². The molecule has 0 spiro atoms. The highest BCUT2D eigenvalue weighted by molar-refractivity contribution is 5.50. The molecule has 5 aromatic rings. The first kappa shape index (κ1) is 23.6. The monoisotopic (exact) mass is 473 g/mol. The Kier molecular flexibility index (Phi) is 6.94. The Morgan fingerprint density at radius 2 is 1.22 bits per heavy atom. The van der Waals surface area contributed by atoms with Gasteiger partial charge in [0.05, 0.1) is 11.9 Å². The molecule has 0 amide bonds. The molecule has 1 heterocycles. The summed E-state index contributed by atoms with van der Waals surface area (Å²) in [4.78, 5) is 0. The van der Waals surface area contributed by atoms with Crippen LogP contribution in [0.15, 0.2) is 115 Å². The van der Waals surface area contributed by atoms with Crippen LogP contribution in [0.1, 0.15) is 46.4 Å². The van der Waals surface area contributed by atoms with E-state index in [1.807, 2.05) is 35.0 Å². The first-order valence-corrected chi connectivity index (χ1v) is 12.5. The summed E-state index contributed by atoms with van der Waals surface area (Å²) >= 11 is 0. The maximum absolute atomic E-state index is 9.66. The number of aromatic hydroxyl groups is 1. The van der Waals surface area contributed by atoms with Crippen LogP contribution in [-0.4, -0.2) is 20.1 Å². The number of aromatic nitrogens is 3. The van der Waals surface area contributed by atoms with Gasteiger partial charge in [-0.25, -0.2) is 4.68 Å². The molecule has 36 heavy (non-hydrogen) atoms. The van der Waals surface area contributed by atoms with E-state index in [0.29, 0.717) is 5.75 Å². The summed E-state index contributed by atoms with van der Waals surface area (Å²) in [6, 6.07) is 37.3. The fourth-order valence-electron chi connectivity index (χ4n) is 5.09. The van der Waals surface area contributed by atoms with Gasteiger partial charge in [-0.2, -0.15) is 0 Å². The van der Waals surface area contributed by atoms with Crippen molar-refractivity contribution in [2.24, 2.45) is 0 Å². The smallest absolute Gasteiger partial charge is 0.139 e. The quantitative estimate of drug-likeness (QED) is 0.191. The Hall–Kier alpha value is -4.18. The van der Waals surface area contributed by atoms with Gasteiger partial charge in [0.2, 0.25) is 0 Å². The van der Waals surface area contributed by atoms with E-state index in [-0.39, 0.29) is 0 Å². The van der Waals surface area contributed by atoms with Gasteiger partial charge in [0.25, 0.3) is 0 Å². The Labute approximate surface area is 212 Å². The molecule has 4 heteroatoms. The molecule has 0 bridgehead atoms. The van der Waals surface area contributed by atoms with E-state index in [0.717, 1.165) is 53.6 Å². The van der Waals surface area contributed by atoms with Crippen LogP contribution in [0.25, 0.3) is 0 Å². The van der Waals surface area contributed by atoms with Crippen LogP contribution in [0.5, 0.6) is 5.75 Å². The summed E-state index contributed by atoms with van der Waals surface area (Å²) in [5, 5.41) is 19.0. The molecule has 0 fully saturated rings. The molecule has 4 nitrogen and oxygen atoms in total. The fourth-order valence-corrected chi connectivity index (χ4v) is 5.09. The maximum Gasteiger partial charge on any atom is 0.139 e. The molecule has 0 aliphatic heterocycles. The minimum absolute atomic E-state index is 0.326. The molecule has 0 aliphatic rings. The summed E-state index contributed by atoms with van der Waals surface area (Å²) in [6.07, 6.45) is 6.04. The number of benzene rings is 4. The molecule has 0 saturated heterocycles. The minimum Gasteiger partial charge on any atom is -0.508 e. The van der Waals surface area contributed by atoms with Crippen molar-refractivity contribution in [3.05, 3.63) is 149 Å². The van der Waals surface area contributed by atoms with Crippen molar-refractivity contribution in [1.82, 2.24) is 15.0 Å². The topological polar surface area (TPSA) is 50.9 Å². The lowest BCUT2D eigenvalue weighted by Gasteiger charge is -2.35. The molecule has 0 saturated carbocycles. The third kappa shape index (κ3) is 4.67. The van der Waals surface area contributed by atoms with Gasteiger partial charge in [-0.3, -0.25) is 0 Å². The molecular weight excluding hydrogens is 442 g/mol. The van der Waals surface area contributed by atoms with E-state index in [1.165, 1.54) is 5.56 Å². The summed E-state index contributed by atoms with van der Waals surface area (Å²) in [5.74, 6) is 0.326. The summed E-state index contributed by atoms with van der Waals surface area (Å²) in [7, 11) is 0. The SMILES string of the molecule is Cc1cc(O)ccc1CCCCc1cn(C(c2ccccc2)(c2ccccc2)c2ccccc2)nn1. The zero-order valence-corrected chi connectivity index (χ0v) is 20.6. The Morgan fingerprint density at radius 3 is 1.75 bits per heavy atom. The molecule has 1 N–H and O–H groups in total. The van der Waals surface area contributed by atoms with E-state index >= 15 is 0 Å². The van der Waals surface area contributed by atoms with Crippen molar-refractivity contribution >= 4 is 0 Å². The Balaban J connectivity index is 1.46. The van der Waals surface area contributed by atoms with E-state index in [4.69, 9.17) is 5.21 Å². The van der Waals surface area contributed by atoms with Gasteiger partial charge in [-0.15, -0.1) is 5.10 Å². The molecule has 1 aromatic heterocycles. The van der Waals surface area contributed by atoms with Gasteiger partial charge in [0, 0.05) is 0 Å². The van der Waals surface area contributed by atoms with Gasteiger partial charge < -0.3 is 5.11 Å². The van der Waals surface area contributed by atoms with E-state index < -0.39 is 5.54 Å².